The van der Waals surface area contributed by atoms with E-state index in [1.54, 1.807) is 0 Å². The van der Waals surface area contributed by atoms with Gasteiger partial charge in [-0.25, -0.2) is 0 Å². The summed E-state index contributed by atoms with van der Waals surface area (Å²) in [6.07, 6.45) is 3.83. The Bertz CT molecular complexity index is 276. The average molecular weight is 284 g/mol. The van der Waals surface area contributed by atoms with Crippen LogP contribution in [0.1, 0.15) is 53.4 Å². The average Bonchev–Trinajstić information content (AvgIpc) is 2.44. The van der Waals surface area contributed by atoms with Gasteiger partial charge in [0.15, 0.2) is 0 Å². The molecule has 118 valence electrons. The predicted molar refractivity (Wildman–Crippen MR) is 82.8 cm³/mol. The summed E-state index contributed by atoms with van der Waals surface area (Å²) < 4.78 is 5.73. The van der Waals surface area contributed by atoms with E-state index in [1.165, 1.54) is 0 Å². The van der Waals surface area contributed by atoms with Crippen molar-refractivity contribution in [3.8, 4) is 0 Å². The summed E-state index contributed by atoms with van der Waals surface area (Å²) in [6, 6.07) is 0.389. The Kier molecular flexibility index (Phi) is 8.15. The summed E-state index contributed by atoms with van der Waals surface area (Å²) in [5.41, 5.74) is 0. The van der Waals surface area contributed by atoms with E-state index in [-0.39, 0.29) is 12.0 Å². The van der Waals surface area contributed by atoms with Crippen LogP contribution >= 0.6 is 0 Å². The van der Waals surface area contributed by atoms with Crippen LogP contribution in [0, 0.1) is 5.92 Å². The quantitative estimate of drug-likeness (QED) is 0.744. The van der Waals surface area contributed by atoms with E-state index in [0.29, 0.717) is 18.6 Å². The first-order valence-electron chi connectivity index (χ1n) is 8.19. The lowest BCUT2D eigenvalue weighted by Gasteiger charge is -2.36. The van der Waals surface area contributed by atoms with Crippen LogP contribution in [0.5, 0.6) is 0 Å². The lowest BCUT2D eigenvalue weighted by atomic mass is 10.0. The molecule has 1 rings (SSSR count). The summed E-state index contributed by atoms with van der Waals surface area (Å²) in [6.45, 7) is 11.9. The Morgan fingerprint density at radius 3 is 2.50 bits per heavy atom. The number of amides is 1. The lowest BCUT2D eigenvalue weighted by Crippen LogP contribution is -2.49. The number of piperidine rings is 1. The molecule has 0 saturated carbocycles. The van der Waals surface area contributed by atoms with Crippen molar-refractivity contribution in [3.63, 3.8) is 0 Å². The fraction of sp³-hybridized carbons (Fsp3) is 0.938. The van der Waals surface area contributed by atoms with E-state index in [2.05, 4.69) is 31.0 Å². The Hall–Kier alpha value is -0.610. The second-order valence-corrected chi connectivity index (χ2v) is 6.21. The molecular weight excluding hydrogens is 252 g/mol. The SMILES string of the molecule is CCCN(C(=O)C(C)OCCC(C)C)C1CCNCC1. The Labute approximate surface area is 124 Å². The van der Waals surface area contributed by atoms with Gasteiger partial charge in [0.1, 0.15) is 6.10 Å². The van der Waals surface area contributed by atoms with Gasteiger partial charge in [0.2, 0.25) is 0 Å². The molecule has 1 heterocycles. The highest BCUT2D eigenvalue weighted by atomic mass is 16.5. The minimum absolute atomic E-state index is 0.169. The van der Waals surface area contributed by atoms with Crippen molar-refractivity contribution in [1.82, 2.24) is 10.2 Å². The van der Waals surface area contributed by atoms with Crippen molar-refractivity contribution in [1.29, 1.82) is 0 Å². The maximum atomic E-state index is 12.6. The number of hydrogen-bond donors (Lipinski definition) is 1. The third-order valence-electron chi connectivity index (χ3n) is 3.91. The maximum Gasteiger partial charge on any atom is 0.251 e. The Morgan fingerprint density at radius 1 is 1.30 bits per heavy atom. The van der Waals surface area contributed by atoms with Crippen LogP contribution in [0.3, 0.4) is 0 Å². The van der Waals surface area contributed by atoms with Gasteiger partial charge in [0.05, 0.1) is 0 Å². The Morgan fingerprint density at radius 2 is 1.95 bits per heavy atom. The number of hydrogen-bond acceptors (Lipinski definition) is 3. The summed E-state index contributed by atoms with van der Waals surface area (Å²) in [4.78, 5) is 14.6. The first-order valence-corrected chi connectivity index (χ1v) is 8.19. The van der Waals surface area contributed by atoms with Crippen LogP contribution in [-0.4, -0.2) is 49.2 Å². The zero-order valence-corrected chi connectivity index (χ0v) is 13.7. The topological polar surface area (TPSA) is 41.6 Å². The van der Waals surface area contributed by atoms with Crippen LogP contribution in [-0.2, 0) is 9.53 Å². The molecule has 0 aromatic carbocycles. The lowest BCUT2D eigenvalue weighted by molar-refractivity contribution is -0.145. The summed E-state index contributed by atoms with van der Waals surface area (Å²) in [5.74, 6) is 0.788. The third kappa shape index (κ3) is 5.80. The highest BCUT2D eigenvalue weighted by Crippen LogP contribution is 2.15. The normalized spacial score (nSPS) is 18.2. The van der Waals surface area contributed by atoms with Gasteiger partial charge >= 0.3 is 0 Å². The van der Waals surface area contributed by atoms with Gasteiger partial charge in [-0.15, -0.1) is 0 Å². The molecule has 0 radical (unpaired) electrons. The molecule has 1 amide bonds. The summed E-state index contributed by atoms with van der Waals surface area (Å²) >= 11 is 0. The molecule has 1 N–H and O–H groups in total. The molecule has 0 aliphatic carbocycles. The van der Waals surface area contributed by atoms with Gasteiger partial charge in [0, 0.05) is 19.2 Å². The first kappa shape index (κ1) is 17.4. The number of nitrogens with zero attached hydrogens (tertiary/aromatic N) is 1. The van der Waals surface area contributed by atoms with Crippen LogP contribution in [0.2, 0.25) is 0 Å². The minimum atomic E-state index is -0.310. The maximum absolute atomic E-state index is 12.6. The second-order valence-electron chi connectivity index (χ2n) is 6.21. The van der Waals surface area contributed by atoms with Crippen LogP contribution in [0.15, 0.2) is 0 Å². The van der Waals surface area contributed by atoms with E-state index >= 15 is 0 Å². The van der Waals surface area contributed by atoms with Crippen molar-refractivity contribution in [2.75, 3.05) is 26.2 Å². The predicted octanol–water partition coefficient (Wildman–Crippen LogP) is 2.43. The first-order chi connectivity index (χ1) is 9.56. The van der Waals surface area contributed by atoms with E-state index < -0.39 is 0 Å². The largest absolute Gasteiger partial charge is 0.369 e. The summed E-state index contributed by atoms with van der Waals surface area (Å²) in [7, 11) is 0. The molecule has 1 atom stereocenters. The van der Waals surface area contributed by atoms with E-state index in [0.717, 1.165) is 45.3 Å². The zero-order valence-electron chi connectivity index (χ0n) is 13.7. The molecule has 4 heteroatoms. The number of carbonyl (C=O) groups excluding carboxylic acids is 1. The molecular formula is C16H32N2O2. The molecule has 0 spiro atoms. The van der Waals surface area contributed by atoms with Gasteiger partial charge in [-0.3, -0.25) is 4.79 Å². The number of carbonyl (C=O) groups is 1. The van der Waals surface area contributed by atoms with E-state index in [9.17, 15) is 4.79 Å². The van der Waals surface area contributed by atoms with Crippen LogP contribution in [0.25, 0.3) is 0 Å². The highest BCUT2D eigenvalue weighted by Gasteiger charge is 2.28. The molecule has 0 bridgehead atoms. The summed E-state index contributed by atoms with van der Waals surface area (Å²) in [5, 5.41) is 3.36. The zero-order chi connectivity index (χ0) is 15.0. The molecule has 1 aliphatic heterocycles. The molecule has 0 aromatic heterocycles. The highest BCUT2D eigenvalue weighted by molar-refractivity contribution is 5.80. The number of rotatable bonds is 8. The minimum Gasteiger partial charge on any atom is -0.369 e. The van der Waals surface area contributed by atoms with Crippen molar-refractivity contribution in [2.45, 2.75) is 65.5 Å². The molecule has 1 unspecified atom stereocenters. The standard InChI is InChI=1S/C16H32N2O2/c1-5-11-18(15-6-9-17-10-7-15)16(19)14(4)20-12-8-13(2)3/h13-15,17H,5-12H2,1-4H3. The van der Waals surface area contributed by atoms with Gasteiger partial charge in [-0.05, 0) is 51.6 Å². The van der Waals surface area contributed by atoms with Gasteiger partial charge in [-0.2, -0.15) is 0 Å². The molecule has 4 nitrogen and oxygen atoms in total. The number of ether oxygens (including phenoxy) is 1. The Balaban J connectivity index is 2.49. The molecule has 0 aromatic rings. The van der Waals surface area contributed by atoms with Crippen LogP contribution in [0.4, 0.5) is 0 Å². The van der Waals surface area contributed by atoms with Crippen molar-refractivity contribution in [2.24, 2.45) is 5.92 Å². The van der Waals surface area contributed by atoms with Crippen molar-refractivity contribution >= 4 is 5.91 Å². The smallest absolute Gasteiger partial charge is 0.251 e. The monoisotopic (exact) mass is 284 g/mol. The van der Waals surface area contributed by atoms with Gasteiger partial charge in [-0.1, -0.05) is 20.8 Å². The molecule has 1 fully saturated rings. The second kappa shape index (κ2) is 9.35. The molecule has 1 aliphatic rings. The molecule has 20 heavy (non-hydrogen) atoms. The number of nitrogens with one attached hydrogen (secondary N) is 1. The van der Waals surface area contributed by atoms with E-state index in [4.69, 9.17) is 4.74 Å². The van der Waals surface area contributed by atoms with Crippen molar-refractivity contribution < 1.29 is 9.53 Å². The van der Waals surface area contributed by atoms with Gasteiger partial charge < -0.3 is 15.0 Å². The fourth-order valence-electron chi connectivity index (χ4n) is 2.62. The fourth-order valence-corrected chi connectivity index (χ4v) is 2.62. The van der Waals surface area contributed by atoms with Gasteiger partial charge in [0.25, 0.3) is 5.91 Å². The van der Waals surface area contributed by atoms with Crippen molar-refractivity contribution in [3.05, 3.63) is 0 Å². The third-order valence-corrected chi connectivity index (χ3v) is 3.91. The van der Waals surface area contributed by atoms with Crippen LogP contribution < -0.4 is 5.32 Å². The molecule has 1 saturated heterocycles. The van der Waals surface area contributed by atoms with E-state index in [1.807, 2.05) is 6.92 Å².